The van der Waals surface area contributed by atoms with Crippen molar-refractivity contribution < 1.29 is 23.9 Å². The molecule has 1 aliphatic heterocycles. The van der Waals surface area contributed by atoms with Crippen LogP contribution in [0.2, 0.25) is 0 Å². The minimum Gasteiger partial charge on any atom is -0.456 e. The van der Waals surface area contributed by atoms with Gasteiger partial charge in [-0.05, 0) is 52.1 Å². The molecule has 4 N–H and O–H groups in total. The second-order valence-corrected chi connectivity index (χ2v) is 7.87. The van der Waals surface area contributed by atoms with E-state index in [0.717, 1.165) is 10.5 Å². The Morgan fingerprint density at radius 2 is 1.86 bits per heavy atom. The molecule has 0 spiro atoms. The molecule has 1 saturated heterocycles. The van der Waals surface area contributed by atoms with Crippen molar-refractivity contribution in [3.05, 3.63) is 35.9 Å². The lowest BCUT2D eigenvalue weighted by Crippen LogP contribution is -2.74. The van der Waals surface area contributed by atoms with Crippen LogP contribution in [0.1, 0.15) is 45.6 Å². The largest absolute Gasteiger partial charge is 0.456 e. The van der Waals surface area contributed by atoms with E-state index in [1.54, 1.807) is 20.8 Å². The van der Waals surface area contributed by atoms with Crippen LogP contribution in [0.15, 0.2) is 30.3 Å². The van der Waals surface area contributed by atoms with Crippen molar-refractivity contribution >= 4 is 18.0 Å². The van der Waals surface area contributed by atoms with Crippen LogP contribution in [0.5, 0.6) is 0 Å². The number of hydrogen-bond acceptors (Lipinski definition) is 7. The van der Waals surface area contributed by atoms with Gasteiger partial charge >= 0.3 is 12.1 Å². The molecule has 8 heteroatoms. The molecule has 0 aliphatic carbocycles. The first-order chi connectivity index (χ1) is 13.1. The van der Waals surface area contributed by atoms with Gasteiger partial charge in [0, 0.05) is 6.42 Å². The van der Waals surface area contributed by atoms with Gasteiger partial charge in [-0.1, -0.05) is 30.3 Å². The van der Waals surface area contributed by atoms with Crippen LogP contribution in [0.3, 0.4) is 0 Å². The predicted molar refractivity (Wildman–Crippen MR) is 103 cm³/mol. The average Bonchev–Trinajstić information content (AvgIpc) is 2.59. The van der Waals surface area contributed by atoms with Crippen molar-refractivity contribution in [3.63, 3.8) is 0 Å². The first-order valence-corrected chi connectivity index (χ1v) is 9.41. The maximum Gasteiger partial charge on any atom is 0.423 e. The molecule has 8 nitrogen and oxygen atoms in total. The van der Waals surface area contributed by atoms with E-state index in [-0.39, 0.29) is 12.8 Å². The van der Waals surface area contributed by atoms with Crippen LogP contribution < -0.4 is 11.5 Å². The van der Waals surface area contributed by atoms with Gasteiger partial charge in [-0.2, -0.15) is 4.90 Å². The molecule has 1 aromatic rings. The van der Waals surface area contributed by atoms with Crippen LogP contribution in [-0.4, -0.2) is 46.8 Å². The molecule has 0 radical (unpaired) electrons. The molecule has 1 aliphatic rings. The third-order valence-corrected chi connectivity index (χ3v) is 4.32. The highest BCUT2D eigenvalue weighted by molar-refractivity contribution is 6.05. The fourth-order valence-corrected chi connectivity index (χ4v) is 3.00. The van der Waals surface area contributed by atoms with Crippen molar-refractivity contribution in [2.24, 2.45) is 11.5 Å². The molecular formula is C20H29N3O5. The number of hydrogen-bond donors (Lipinski definition) is 2. The third-order valence-electron chi connectivity index (χ3n) is 4.32. The second kappa shape index (κ2) is 8.70. The molecule has 154 valence electrons. The minimum absolute atomic E-state index is 0.106. The molecule has 2 rings (SSSR count). The van der Waals surface area contributed by atoms with Gasteiger partial charge in [0.05, 0.1) is 6.04 Å². The van der Waals surface area contributed by atoms with Crippen LogP contribution in [-0.2, 0) is 25.5 Å². The van der Waals surface area contributed by atoms with E-state index in [1.165, 1.54) is 0 Å². The zero-order chi connectivity index (χ0) is 20.9. The lowest BCUT2D eigenvalue weighted by Gasteiger charge is -2.48. The topological polar surface area (TPSA) is 125 Å². The number of cyclic esters (lactones) is 1. The highest BCUT2D eigenvalue weighted by Gasteiger charge is 2.64. The molecule has 0 unspecified atom stereocenters. The lowest BCUT2D eigenvalue weighted by molar-refractivity contribution is -0.228. The highest BCUT2D eigenvalue weighted by Crippen LogP contribution is 2.37. The summed E-state index contributed by atoms with van der Waals surface area (Å²) in [6.07, 6.45) is 0.541. The number of carbonyl (C=O) groups excluding carboxylic acids is 3. The number of unbranched alkanes of at least 4 members (excludes halogenated alkanes) is 1. The van der Waals surface area contributed by atoms with E-state index >= 15 is 0 Å². The van der Waals surface area contributed by atoms with Gasteiger partial charge in [-0.25, -0.2) is 9.59 Å². The standard InChI is InChI=1S/C20H29N3O5/c1-19(2,3)27-17(25)20(11-7-8-12-21)23(18(26)28-20)16(24)15(22)13-14-9-5-4-6-10-14/h4-6,9-10,15H,7-8,11-13,21-22H2,1-3H3/t15-,20+/m0/s1. The molecule has 0 saturated carbocycles. The van der Waals surface area contributed by atoms with E-state index in [2.05, 4.69) is 0 Å². The maximum absolute atomic E-state index is 12.9. The van der Waals surface area contributed by atoms with Gasteiger partial charge in [-0.3, -0.25) is 4.79 Å². The Morgan fingerprint density at radius 1 is 1.21 bits per heavy atom. The summed E-state index contributed by atoms with van der Waals surface area (Å²) < 4.78 is 10.6. The molecule has 0 bridgehead atoms. The number of nitrogens with two attached hydrogens (primary N) is 2. The van der Waals surface area contributed by atoms with E-state index in [9.17, 15) is 14.4 Å². The van der Waals surface area contributed by atoms with Crippen molar-refractivity contribution in [2.45, 2.75) is 63.8 Å². The quantitative estimate of drug-likeness (QED) is 0.510. The molecule has 28 heavy (non-hydrogen) atoms. The first-order valence-electron chi connectivity index (χ1n) is 9.41. The van der Waals surface area contributed by atoms with Gasteiger partial charge in [0.1, 0.15) is 5.60 Å². The minimum atomic E-state index is -1.79. The predicted octanol–water partition coefficient (Wildman–Crippen LogP) is 1.70. The number of esters is 1. The molecule has 1 heterocycles. The Balaban J connectivity index is 2.22. The van der Waals surface area contributed by atoms with E-state index < -0.39 is 35.3 Å². The fraction of sp³-hybridized carbons (Fsp3) is 0.550. The summed E-state index contributed by atoms with van der Waals surface area (Å²) in [6.45, 7) is 5.52. The Kier molecular flexibility index (Phi) is 6.79. The monoisotopic (exact) mass is 391 g/mol. The first kappa shape index (κ1) is 21.8. The second-order valence-electron chi connectivity index (χ2n) is 7.87. The van der Waals surface area contributed by atoms with Crippen molar-refractivity contribution in [3.8, 4) is 0 Å². The summed E-state index contributed by atoms with van der Waals surface area (Å²) in [5.41, 5.74) is 9.84. The van der Waals surface area contributed by atoms with Crippen molar-refractivity contribution in [2.75, 3.05) is 6.54 Å². The van der Waals surface area contributed by atoms with Crippen LogP contribution in [0.4, 0.5) is 4.79 Å². The maximum atomic E-state index is 12.9. The van der Waals surface area contributed by atoms with Gasteiger partial charge < -0.3 is 20.9 Å². The van der Waals surface area contributed by atoms with Gasteiger partial charge in [0.25, 0.3) is 11.6 Å². The summed E-state index contributed by atoms with van der Waals surface area (Å²) in [6, 6.07) is 8.21. The summed E-state index contributed by atoms with van der Waals surface area (Å²) in [7, 11) is 0. The van der Waals surface area contributed by atoms with Crippen LogP contribution >= 0.6 is 0 Å². The summed E-state index contributed by atoms with van der Waals surface area (Å²) in [4.78, 5) is 38.7. The number of imide groups is 1. The molecule has 1 aromatic carbocycles. The number of nitrogens with zero attached hydrogens (tertiary/aromatic N) is 1. The molecule has 0 aromatic heterocycles. The SMILES string of the molecule is CC(C)(C)OC(=O)[C@@]1(CCCCN)OC(=O)N1C(=O)[C@@H](N)Cc1ccccc1. The Bertz CT molecular complexity index is 716. The lowest BCUT2D eigenvalue weighted by atomic mass is 9.98. The Labute approximate surface area is 165 Å². The smallest absolute Gasteiger partial charge is 0.423 e. The highest BCUT2D eigenvalue weighted by atomic mass is 16.7. The summed E-state index contributed by atoms with van der Waals surface area (Å²) in [5.74, 6) is -1.45. The van der Waals surface area contributed by atoms with Crippen LogP contribution in [0.25, 0.3) is 0 Å². The molecule has 2 atom stereocenters. The zero-order valence-corrected chi connectivity index (χ0v) is 16.6. The van der Waals surface area contributed by atoms with Gasteiger partial charge in [0.15, 0.2) is 0 Å². The number of ether oxygens (including phenoxy) is 2. The van der Waals surface area contributed by atoms with E-state index in [4.69, 9.17) is 20.9 Å². The average molecular weight is 391 g/mol. The van der Waals surface area contributed by atoms with Gasteiger partial charge in [-0.15, -0.1) is 0 Å². The molecular weight excluding hydrogens is 362 g/mol. The summed E-state index contributed by atoms with van der Waals surface area (Å²) >= 11 is 0. The number of benzene rings is 1. The fourth-order valence-electron chi connectivity index (χ4n) is 3.00. The van der Waals surface area contributed by atoms with Gasteiger partial charge in [0.2, 0.25) is 0 Å². The molecule has 1 fully saturated rings. The number of amides is 2. The molecule has 2 amide bonds. The van der Waals surface area contributed by atoms with Crippen LogP contribution in [0, 0.1) is 0 Å². The zero-order valence-electron chi connectivity index (χ0n) is 16.6. The Hall–Kier alpha value is -2.45. The Morgan fingerprint density at radius 3 is 2.39 bits per heavy atom. The number of rotatable bonds is 8. The third kappa shape index (κ3) is 4.88. The number of carbonyl (C=O) groups is 3. The summed E-state index contributed by atoms with van der Waals surface area (Å²) in [5, 5.41) is 0. The van der Waals surface area contributed by atoms with E-state index in [1.807, 2.05) is 30.3 Å². The van der Waals surface area contributed by atoms with Crippen molar-refractivity contribution in [1.29, 1.82) is 0 Å². The normalized spacial score (nSPS) is 20.2. The van der Waals surface area contributed by atoms with E-state index in [0.29, 0.717) is 19.4 Å². The van der Waals surface area contributed by atoms with Crippen molar-refractivity contribution in [1.82, 2.24) is 4.90 Å².